The van der Waals surface area contributed by atoms with Crippen molar-refractivity contribution in [3.05, 3.63) is 0 Å². The molecule has 1 aliphatic rings. The molecule has 1 fully saturated rings. The highest BCUT2D eigenvalue weighted by molar-refractivity contribution is 4.95. The number of nitrogens with zero attached hydrogens (tertiary/aromatic N) is 1. The van der Waals surface area contributed by atoms with Crippen molar-refractivity contribution < 1.29 is 0 Å². The van der Waals surface area contributed by atoms with E-state index < -0.39 is 0 Å². The standard InChI is InChI=1S/C16H34N2/c1-8-18(7)14-9-15(4,5)11-16(6,10-14)12-17-13(2)3/h13-14,17H,8-12H2,1-7H3. The molecule has 18 heavy (non-hydrogen) atoms. The van der Waals surface area contributed by atoms with Crippen molar-refractivity contribution in [1.29, 1.82) is 0 Å². The summed E-state index contributed by atoms with van der Waals surface area (Å²) in [6.45, 7) is 16.4. The molecule has 108 valence electrons. The predicted octanol–water partition coefficient (Wildman–Crippen LogP) is 3.52. The maximum Gasteiger partial charge on any atom is 0.0103 e. The van der Waals surface area contributed by atoms with Gasteiger partial charge in [0.2, 0.25) is 0 Å². The lowest BCUT2D eigenvalue weighted by Crippen LogP contribution is -2.49. The first kappa shape index (κ1) is 16.0. The molecule has 1 rings (SSSR count). The summed E-state index contributed by atoms with van der Waals surface area (Å²) in [6.07, 6.45) is 4.02. The summed E-state index contributed by atoms with van der Waals surface area (Å²) in [6, 6.07) is 1.34. The largest absolute Gasteiger partial charge is 0.314 e. The number of rotatable bonds is 5. The minimum absolute atomic E-state index is 0.445. The Hall–Kier alpha value is -0.0800. The third-order valence-corrected chi connectivity index (χ3v) is 4.48. The van der Waals surface area contributed by atoms with E-state index in [0.29, 0.717) is 16.9 Å². The van der Waals surface area contributed by atoms with Gasteiger partial charge in [-0.2, -0.15) is 0 Å². The number of nitrogens with one attached hydrogen (secondary N) is 1. The van der Waals surface area contributed by atoms with Crippen LogP contribution in [0, 0.1) is 10.8 Å². The van der Waals surface area contributed by atoms with Gasteiger partial charge in [-0.1, -0.05) is 41.5 Å². The zero-order valence-electron chi connectivity index (χ0n) is 13.6. The van der Waals surface area contributed by atoms with E-state index >= 15 is 0 Å². The third kappa shape index (κ3) is 4.55. The molecule has 2 heteroatoms. The van der Waals surface area contributed by atoms with Crippen molar-refractivity contribution in [1.82, 2.24) is 10.2 Å². The van der Waals surface area contributed by atoms with Crippen LogP contribution in [-0.4, -0.2) is 37.1 Å². The van der Waals surface area contributed by atoms with Gasteiger partial charge in [0.05, 0.1) is 0 Å². The van der Waals surface area contributed by atoms with Crippen LogP contribution in [0.5, 0.6) is 0 Å². The fraction of sp³-hybridized carbons (Fsp3) is 1.00. The van der Waals surface area contributed by atoms with Crippen LogP contribution in [-0.2, 0) is 0 Å². The second-order valence-corrected chi connectivity index (χ2v) is 7.82. The Balaban J connectivity index is 2.73. The van der Waals surface area contributed by atoms with Gasteiger partial charge in [0.15, 0.2) is 0 Å². The van der Waals surface area contributed by atoms with Crippen LogP contribution in [0.1, 0.15) is 60.8 Å². The zero-order valence-corrected chi connectivity index (χ0v) is 13.6. The van der Waals surface area contributed by atoms with E-state index in [-0.39, 0.29) is 0 Å². The molecule has 2 atom stereocenters. The Bertz CT molecular complexity index is 260. The van der Waals surface area contributed by atoms with E-state index in [9.17, 15) is 0 Å². The maximum absolute atomic E-state index is 3.65. The summed E-state index contributed by atoms with van der Waals surface area (Å²) >= 11 is 0. The SMILES string of the molecule is CCN(C)C1CC(C)(C)CC(C)(CNC(C)C)C1. The molecule has 0 amide bonds. The van der Waals surface area contributed by atoms with E-state index in [2.05, 4.69) is 58.8 Å². The minimum Gasteiger partial charge on any atom is -0.314 e. The number of hydrogen-bond donors (Lipinski definition) is 1. The molecule has 0 bridgehead atoms. The second-order valence-electron chi connectivity index (χ2n) is 7.82. The molecule has 1 aliphatic carbocycles. The molecule has 0 aromatic carbocycles. The Morgan fingerprint density at radius 2 is 1.83 bits per heavy atom. The average Bonchev–Trinajstić information content (AvgIpc) is 2.23. The van der Waals surface area contributed by atoms with Gasteiger partial charge in [-0.3, -0.25) is 0 Å². The topological polar surface area (TPSA) is 15.3 Å². The Morgan fingerprint density at radius 1 is 1.22 bits per heavy atom. The molecule has 0 radical (unpaired) electrons. The first-order valence-corrected chi connectivity index (χ1v) is 7.61. The highest BCUT2D eigenvalue weighted by atomic mass is 15.1. The average molecular weight is 254 g/mol. The summed E-state index contributed by atoms with van der Waals surface area (Å²) in [5.74, 6) is 0. The Kier molecular flexibility index (Phi) is 5.25. The van der Waals surface area contributed by atoms with Crippen LogP contribution >= 0.6 is 0 Å². The van der Waals surface area contributed by atoms with Crippen LogP contribution in [0.3, 0.4) is 0 Å². The highest BCUT2D eigenvalue weighted by Crippen LogP contribution is 2.46. The number of hydrogen-bond acceptors (Lipinski definition) is 2. The van der Waals surface area contributed by atoms with Crippen molar-refractivity contribution in [3.8, 4) is 0 Å². The minimum atomic E-state index is 0.445. The van der Waals surface area contributed by atoms with Crippen molar-refractivity contribution in [3.63, 3.8) is 0 Å². The van der Waals surface area contributed by atoms with Crippen LogP contribution in [0.25, 0.3) is 0 Å². The van der Waals surface area contributed by atoms with Gasteiger partial charge in [-0.15, -0.1) is 0 Å². The van der Waals surface area contributed by atoms with Gasteiger partial charge in [0, 0.05) is 18.6 Å². The smallest absolute Gasteiger partial charge is 0.0103 e. The molecule has 1 saturated carbocycles. The van der Waals surface area contributed by atoms with Crippen LogP contribution in [0.2, 0.25) is 0 Å². The quantitative estimate of drug-likeness (QED) is 0.807. The van der Waals surface area contributed by atoms with Crippen LogP contribution < -0.4 is 5.32 Å². The molecular formula is C16H34N2. The van der Waals surface area contributed by atoms with Crippen LogP contribution in [0.15, 0.2) is 0 Å². The molecular weight excluding hydrogens is 220 g/mol. The molecule has 0 aliphatic heterocycles. The van der Waals surface area contributed by atoms with Gasteiger partial charge >= 0.3 is 0 Å². The summed E-state index contributed by atoms with van der Waals surface area (Å²) < 4.78 is 0. The van der Waals surface area contributed by atoms with Crippen molar-refractivity contribution in [2.24, 2.45) is 10.8 Å². The normalized spacial score (nSPS) is 32.2. The summed E-state index contributed by atoms with van der Waals surface area (Å²) in [5.41, 5.74) is 0.917. The monoisotopic (exact) mass is 254 g/mol. The maximum atomic E-state index is 3.65. The lowest BCUT2D eigenvalue weighted by atomic mass is 9.62. The lowest BCUT2D eigenvalue weighted by Gasteiger charge is -2.49. The Morgan fingerprint density at radius 3 is 2.33 bits per heavy atom. The molecule has 2 unspecified atom stereocenters. The summed E-state index contributed by atoms with van der Waals surface area (Å²) in [7, 11) is 2.28. The van der Waals surface area contributed by atoms with E-state index in [1.807, 2.05) is 0 Å². The second kappa shape index (κ2) is 5.92. The molecule has 0 aromatic heterocycles. The van der Waals surface area contributed by atoms with E-state index in [0.717, 1.165) is 19.1 Å². The molecule has 0 heterocycles. The third-order valence-electron chi connectivity index (χ3n) is 4.48. The van der Waals surface area contributed by atoms with Gasteiger partial charge in [0.1, 0.15) is 0 Å². The molecule has 0 saturated heterocycles. The first-order chi connectivity index (χ1) is 8.17. The Labute approximate surface area is 115 Å². The molecule has 2 nitrogen and oxygen atoms in total. The molecule has 1 N–H and O–H groups in total. The van der Waals surface area contributed by atoms with Gasteiger partial charge < -0.3 is 10.2 Å². The summed E-state index contributed by atoms with van der Waals surface area (Å²) in [5, 5.41) is 3.65. The van der Waals surface area contributed by atoms with Gasteiger partial charge in [0.25, 0.3) is 0 Å². The first-order valence-electron chi connectivity index (χ1n) is 7.61. The summed E-state index contributed by atoms with van der Waals surface area (Å²) in [4.78, 5) is 2.54. The highest BCUT2D eigenvalue weighted by Gasteiger charge is 2.41. The fourth-order valence-electron chi connectivity index (χ4n) is 3.73. The van der Waals surface area contributed by atoms with E-state index in [4.69, 9.17) is 0 Å². The van der Waals surface area contributed by atoms with Gasteiger partial charge in [-0.25, -0.2) is 0 Å². The lowest BCUT2D eigenvalue weighted by molar-refractivity contribution is 0.0262. The molecule has 0 spiro atoms. The van der Waals surface area contributed by atoms with Crippen molar-refractivity contribution >= 4 is 0 Å². The van der Waals surface area contributed by atoms with E-state index in [1.54, 1.807) is 0 Å². The predicted molar refractivity (Wildman–Crippen MR) is 81.0 cm³/mol. The van der Waals surface area contributed by atoms with E-state index in [1.165, 1.54) is 19.3 Å². The molecule has 0 aromatic rings. The van der Waals surface area contributed by atoms with Crippen LogP contribution in [0.4, 0.5) is 0 Å². The van der Waals surface area contributed by atoms with Gasteiger partial charge in [-0.05, 0) is 43.7 Å². The van der Waals surface area contributed by atoms with Crippen molar-refractivity contribution in [2.75, 3.05) is 20.1 Å². The zero-order chi connectivity index (χ0) is 14.0. The van der Waals surface area contributed by atoms with Crippen molar-refractivity contribution in [2.45, 2.75) is 72.9 Å². The fourth-order valence-corrected chi connectivity index (χ4v) is 3.73.